The van der Waals surface area contributed by atoms with Gasteiger partial charge in [-0.1, -0.05) is 52.9 Å². The molecule has 0 heterocycles. The van der Waals surface area contributed by atoms with Gasteiger partial charge in [0.15, 0.2) is 0 Å². The minimum Gasteiger partial charge on any atom is -0.465 e. The minimum absolute atomic E-state index is 0.0978. The largest absolute Gasteiger partial charge is 0.465 e. The highest BCUT2D eigenvalue weighted by atomic mass is 16.5. The van der Waals surface area contributed by atoms with Gasteiger partial charge in [0.1, 0.15) is 0 Å². The normalized spacial score (nSPS) is 12.3. The highest BCUT2D eigenvalue weighted by Gasteiger charge is 2.09. The molecule has 0 bridgehead atoms. The molecule has 138 valence electrons. The summed E-state index contributed by atoms with van der Waals surface area (Å²) in [6.07, 6.45) is 9.38. The summed E-state index contributed by atoms with van der Waals surface area (Å²) in [6, 6.07) is 0. The zero-order chi connectivity index (χ0) is 17.2. The van der Waals surface area contributed by atoms with Crippen LogP contribution in [0.4, 0.5) is 0 Å². The molecular formula is C19H38O4. The molecule has 0 aliphatic heterocycles. The van der Waals surface area contributed by atoms with E-state index in [1.807, 2.05) is 0 Å². The second-order valence-corrected chi connectivity index (χ2v) is 6.13. The minimum atomic E-state index is -0.0978. The van der Waals surface area contributed by atoms with E-state index in [2.05, 4.69) is 20.8 Å². The number of hydrogen-bond donors (Lipinski definition) is 0. The molecule has 0 amide bonds. The van der Waals surface area contributed by atoms with Crippen molar-refractivity contribution in [1.82, 2.24) is 0 Å². The topological polar surface area (TPSA) is 44.8 Å². The second kappa shape index (κ2) is 17.7. The molecule has 0 N–H and O–H groups in total. The summed E-state index contributed by atoms with van der Waals surface area (Å²) in [5.41, 5.74) is 0. The Morgan fingerprint density at radius 3 is 2.09 bits per heavy atom. The summed E-state index contributed by atoms with van der Waals surface area (Å²) >= 11 is 0. The van der Waals surface area contributed by atoms with Crippen LogP contribution in [0.15, 0.2) is 0 Å². The fraction of sp³-hybridized carbons (Fsp3) is 0.947. The first-order chi connectivity index (χ1) is 11.2. The summed E-state index contributed by atoms with van der Waals surface area (Å²) in [7, 11) is 0. The van der Waals surface area contributed by atoms with Crippen molar-refractivity contribution in [3.63, 3.8) is 0 Å². The van der Waals surface area contributed by atoms with Crippen LogP contribution in [0, 0.1) is 5.92 Å². The number of carbonyl (C=O) groups excluding carboxylic acids is 1. The second-order valence-electron chi connectivity index (χ2n) is 6.13. The summed E-state index contributed by atoms with van der Waals surface area (Å²) in [6.45, 7) is 9.77. The Kier molecular flexibility index (Phi) is 17.3. The Labute approximate surface area is 143 Å². The molecule has 0 spiro atoms. The highest BCUT2D eigenvalue weighted by molar-refractivity contribution is 5.69. The van der Waals surface area contributed by atoms with Gasteiger partial charge in [-0.3, -0.25) is 4.79 Å². The average Bonchev–Trinajstić information content (AvgIpc) is 2.56. The third-order valence-electron chi connectivity index (χ3n) is 3.96. The summed E-state index contributed by atoms with van der Waals surface area (Å²) in [4.78, 5) is 11.7. The first-order valence-corrected chi connectivity index (χ1v) is 9.55. The van der Waals surface area contributed by atoms with Gasteiger partial charge < -0.3 is 14.2 Å². The van der Waals surface area contributed by atoms with Crippen LogP contribution in [-0.2, 0) is 19.0 Å². The molecular weight excluding hydrogens is 292 g/mol. The quantitative estimate of drug-likeness (QED) is 0.285. The van der Waals surface area contributed by atoms with Crippen molar-refractivity contribution in [3.8, 4) is 0 Å². The van der Waals surface area contributed by atoms with Crippen molar-refractivity contribution >= 4 is 5.97 Å². The third-order valence-corrected chi connectivity index (χ3v) is 3.96. The van der Waals surface area contributed by atoms with Crippen LogP contribution in [-0.4, -0.2) is 39.0 Å². The molecule has 0 saturated carbocycles. The number of hydrogen-bond acceptors (Lipinski definition) is 4. The predicted molar refractivity (Wildman–Crippen MR) is 94.7 cm³/mol. The van der Waals surface area contributed by atoms with Gasteiger partial charge in [-0.15, -0.1) is 0 Å². The Morgan fingerprint density at radius 1 is 0.826 bits per heavy atom. The summed E-state index contributed by atoms with van der Waals surface area (Å²) in [5.74, 6) is 0.416. The van der Waals surface area contributed by atoms with Crippen LogP contribution in [0.3, 0.4) is 0 Å². The van der Waals surface area contributed by atoms with Crippen molar-refractivity contribution < 1.29 is 19.0 Å². The van der Waals surface area contributed by atoms with Gasteiger partial charge in [0.2, 0.25) is 0 Å². The van der Waals surface area contributed by atoms with Crippen molar-refractivity contribution in [2.75, 3.05) is 33.0 Å². The monoisotopic (exact) mass is 330 g/mol. The lowest BCUT2D eigenvalue weighted by molar-refractivity contribution is -0.145. The summed E-state index contributed by atoms with van der Waals surface area (Å²) < 4.78 is 16.3. The molecule has 1 atom stereocenters. The predicted octanol–water partition coefficient (Wildman–Crippen LogP) is 4.75. The molecule has 4 heteroatoms. The van der Waals surface area contributed by atoms with Gasteiger partial charge >= 0.3 is 5.97 Å². The van der Waals surface area contributed by atoms with Gasteiger partial charge in [0.25, 0.3) is 0 Å². The number of rotatable bonds is 17. The molecule has 1 unspecified atom stereocenters. The number of unbranched alkanes of at least 4 members (excludes halogenated alkanes) is 3. The molecule has 0 radical (unpaired) electrons. The lowest BCUT2D eigenvalue weighted by Gasteiger charge is -2.14. The van der Waals surface area contributed by atoms with Crippen LogP contribution in [0.1, 0.15) is 78.6 Å². The smallest absolute Gasteiger partial charge is 0.305 e. The van der Waals surface area contributed by atoms with E-state index in [9.17, 15) is 4.79 Å². The molecule has 0 aromatic carbocycles. The Bertz CT molecular complexity index is 256. The zero-order valence-corrected chi connectivity index (χ0v) is 15.6. The molecule has 0 aliphatic rings. The highest BCUT2D eigenvalue weighted by Crippen LogP contribution is 2.13. The number of carbonyl (C=O) groups is 1. The van der Waals surface area contributed by atoms with Crippen molar-refractivity contribution in [2.24, 2.45) is 5.92 Å². The first kappa shape index (κ1) is 22.4. The van der Waals surface area contributed by atoms with Crippen molar-refractivity contribution in [2.45, 2.75) is 78.6 Å². The molecule has 0 aromatic heterocycles. The Hall–Kier alpha value is -0.610. The molecule has 0 rings (SSSR count). The molecule has 4 nitrogen and oxygen atoms in total. The van der Waals surface area contributed by atoms with E-state index in [4.69, 9.17) is 14.2 Å². The van der Waals surface area contributed by atoms with Gasteiger partial charge in [-0.25, -0.2) is 0 Å². The number of ether oxygens (including phenoxy) is 3. The van der Waals surface area contributed by atoms with E-state index in [1.165, 1.54) is 25.7 Å². The summed E-state index contributed by atoms with van der Waals surface area (Å²) in [5, 5.41) is 0. The SMILES string of the molecule is CCCCCOCCOCCCC(=O)OCC(CC)CCCC. The number of esters is 1. The van der Waals surface area contributed by atoms with E-state index in [1.54, 1.807) is 0 Å². The maximum Gasteiger partial charge on any atom is 0.305 e. The maximum absolute atomic E-state index is 11.7. The third kappa shape index (κ3) is 16.0. The zero-order valence-electron chi connectivity index (χ0n) is 15.6. The van der Waals surface area contributed by atoms with Crippen LogP contribution >= 0.6 is 0 Å². The molecule has 0 fully saturated rings. The average molecular weight is 331 g/mol. The van der Waals surface area contributed by atoms with Gasteiger partial charge in [0, 0.05) is 19.6 Å². The van der Waals surface area contributed by atoms with Crippen molar-refractivity contribution in [1.29, 1.82) is 0 Å². The van der Waals surface area contributed by atoms with Crippen molar-refractivity contribution in [3.05, 3.63) is 0 Å². The fourth-order valence-corrected chi connectivity index (χ4v) is 2.28. The molecule has 0 saturated heterocycles. The standard InChI is InChI=1S/C19H38O4/c1-4-7-9-13-21-15-16-22-14-10-12-19(20)23-17-18(6-3)11-8-5-2/h18H,4-17H2,1-3H3. The molecule has 23 heavy (non-hydrogen) atoms. The fourth-order valence-electron chi connectivity index (χ4n) is 2.28. The van der Waals surface area contributed by atoms with Crippen LogP contribution in [0.5, 0.6) is 0 Å². The Morgan fingerprint density at radius 2 is 1.48 bits per heavy atom. The van der Waals surface area contributed by atoms with E-state index in [0.29, 0.717) is 38.8 Å². The maximum atomic E-state index is 11.7. The van der Waals surface area contributed by atoms with E-state index in [0.717, 1.165) is 32.3 Å². The lowest BCUT2D eigenvalue weighted by Crippen LogP contribution is -2.14. The van der Waals surface area contributed by atoms with E-state index < -0.39 is 0 Å². The Balaban J connectivity index is 3.36. The first-order valence-electron chi connectivity index (χ1n) is 9.55. The van der Waals surface area contributed by atoms with Crippen LogP contribution in [0.2, 0.25) is 0 Å². The van der Waals surface area contributed by atoms with Crippen LogP contribution < -0.4 is 0 Å². The van der Waals surface area contributed by atoms with Gasteiger partial charge in [-0.05, 0) is 25.2 Å². The van der Waals surface area contributed by atoms with E-state index >= 15 is 0 Å². The molecule has 0 aliphatic carbocycles. The molecule has 0 aromatic rings. The van der Waals surface area contributed by atoms with Gasteiger partial charge in [0.05, 0.1) is 19.8 Å². The van der Waals surface area contributed by atoms with E-state index in [-0.39, 0.29) is 5.97 Å². The van der Waals surface area contributed by atoms with Gasteiger partial charge in [-0.2, -0.15) is 0 Å². The van der Waals surface area contributed by atoms with Crippen LogP contribution in [0.25, 0.3) is 0 Å². The lowest BCUT2D eigenvalue weighted by atomic mass is 10.0.